The van der Waals surface area contributed by atoms with Crippen LogP contribution in [-0.2, 0) is 27.8 Å². The van der Waals surface area contributed by atoms with E-state index in [1.807, 2.05) is 18.2 Å². The van der Waals surface area contributed by atoms with Crippen LogP contribution in [0, 0.1) is 5.92 Å². The molecule has 3 amide bonds. The van der Waals surface area contributed by atoms with Gasteiger partial charge in [0.2, 0.25) is 11.8 Å². The number of aryl methyl sites for hydroxylation is 2. The van der Waals surface area contributed by atoms with Crippen molar-refractivity contribution in [1.82, 2.24) is 43.7 Å². The largest absolute Gasteiger partial charge is 0.381 e. The lowest BCUT2D eigenvalue weighted by molar-refractivity contribution is -0.135. The molecule has 55 heavy (non-hydrogen) atoms. The van der Waals surface area contributed by atoms with E-state index in [9.17, 15) is 28.0 Å². The van der Waals surface area contributed by atoms with E-state index in [-0.39, 0.29) is 35.3 Å². The molecular formula is C38H46F2N10O5. The van der Waals surface area contributed by atoms with Crippen LogP contribution in [0.4, 0.5) is 14.5 Å². The van der Waals surface area contributed by atoms with Crippen LogP contribution >= 0.6 is 0 Å². The van der Waals surface area contributed by atoms with Crippen molar-refractivity contribution in [2.45, 2.75) is 76.3 Å². The lowest BCUT2D eigenvalue weighted by atomic mass is 9.86. The maximum absolute atomic E-state index is 14.0. The van der Waals surface area contributed by atoms with Gasteiger partial charge in [-0.05, 0) is 82.0 Å². The number of hydrogen-bond donors (Lipinski definition) is 2. The smallest absolute Gasteiger partial charge is 0.329 e. The number of carbonyl (C=O) groups excluding carboxylic acids is 3. The standard InChI is InChI=1S/C38H46F2N10O5/c1-46(17-6-20-55-19-4-8-25-7-3-9-29-33(25)47(2)38(54)50(29)30-14-15-31(51)44-37(30)53)22-24-10-12-26(13-11-24)49-23-28(32(45-49)34(39)40)43-36(52)27-21-42-48-18-5-16-41-35(27)48/h3,5,7,9,16,18,21,23-24,26,30,34H,4,6,8,10-15,17,19-20,22H2,1-2H3,(H,43,52)(H,44,51,53). The number of nitrogens with zero attached hydrogens (tertiary/aromatic N) is 8. The third-order valence-electron chi connectivity index (χ3n) is 10.8. The number of fused-ring (bicyclic) bond motifs is 2. The zero-order valence-corrected chi connectivity index (χ0v) is 31.0. The number of carbonyl (C=O) groups is 3. The monoisotopic (exact) mass is 760 g/mol. The van der Waals surface area contributed by atoms with Crippen LogP contribution in [0.1, 0.15) is 91.5 Å². The number of para-hydroxylation sites is 1. The number of benzene rings is 1. The minimum Gasteiger partial charge on any atom is -0.381 e. The molecule has 1 saturated carbocycles. The van der Waals surface area contributed by atoms with Crippen LogP contribution in [0.3, 0.4) is 0 Å². The summed E-state index contributed by atoms with van der Waals surface area (Å²) in [5, 5.41) is 13.3. The van der Waals surface area contributed by atoms with E-state index < -0.39 is 30.0 Å². The Morgan fingerprint density at radius 3 is 2.67 bits per heavy atom. The lowest BCUT2D eigenvalue weighted by Crippen LogP contribution is -2.44. The number of alkyl halides is 2. The number of aromatic nitrogens is 7. The fraction of sp³-hybridized carbons (Fsp3) is 0.500. The van der Waals surface area contributed by atoms with E-state index in [0.717, 1.165) is 62.7 Å². The first-order valence-corrected chi connectivity index (χ1v) is 18.8. The number of anilines is 1. The normalized spacial score (nSPS) is 19.2. The second-order valence-corrected chi connectivity index (χ2v) is 14.6. The number of imide groups is 1. The number of hydrogen-bond acceptors (Lipinski definition) is 9. The van der Waals surface area contributed by atoms with E-state index in [0.29, 0.717) is 43.1 Å². The molecule has 2 fully saturated rings. The first-order valence-electron chi connectivity index (χ1n) is 18.8. The van der Waals surface area contributed by atoms with Crippen LogP contribution < -0.4 is 16.3 Å². The second kappa shape index (κ2) is 16.6. The minimum atomic E-state index is -2.84. The fourth-order valence-electron chi connectivity index (χ4n) is 8.01. The van der Waals surface area contributed by atoms with Crippen molar-refractivity contribution >= 4 is 40.1 Å². The SMILES string of the molecule is CN(CCCOCCCc1cccc2c1n(C)c(=O)n2C1CCC(=O)NC1=O)CC1CCC(n2cc(NC(=O)c3cnn4cccnc34)c(C(F)F)n2)CC1. The molecule has 1 atom stereocenters. The zero-order chi connectivity index (χ0) is 38.6. The molecule has 4 aromatic heterocycles. The summed E-state index contributed by atoms with van der Waals surface area (Å²) in [4.78, 5) is 56.8. The van der Waals surface area contributed by atoms with Crippen molar-refractivity contribution in [2.24, 2.45) is 13.0 Å². The lowest BCUT2D eigenvalue weighted by Gasteiger charge is -2.31. The van der Waals surface area contributed by atoms with Crippen LogP contribution in [0.15, 0.2) is 53.8 Å². The summed E-state index contributed by atoms with van der Waals surface area (Å²) in [6.45, 7) is 3.03. The topological polar surface area (TPSA) is 163 Å². The Morgan fingerprint density at radius 2 is 1.89 bits per heavy atom. The molecule has 2 aliphatic rings. The Hall–Kier alpha value is -5.29. The summed E-state index contributed by atoms with van der Waals surface area (Å²) < 4.78 is 40.0. The highest BCUT2D eigenvalue weighted by Gasteiger charge is 2.32. The Morgan fingerprint density at radius 1 is 1.09 bits per heavy atom. The van der Waals surface area contributed by atoms with Crippen LogP contribution in [-0.4, -0.2) is 89.5 Å². The van der Waals surface area contributed by atoms with Gasteiger partial charge in [0.1, 0.15) is 11.6 Å². The Balaban J connectivity index is 0.826. The molecule has 0 radical (unpaired) electrons. The highest BCUT2D eigenvalue weighted by atomic mass is 19.3. The number of rotatable bonds is 15. The maximum Gasteiger partial charge on any atom is 0.329 e. The van der Waals surface area contributed by atoms with Crippen molar-refractivity contribution < 1.29 is 27.9 Å². The summed E-state index contributed by atoms with van der Waals surface area (Å²) in [6.07, 6.45) is 9.59. The fourth-order valence-corrected chi connectivity index (χ4v) is 8.01. The Bertz CT molecular complexity index is 2230. The van der Waals surface area contributed by atoms with E-state index in [4.69, 9.17) is 4.74 Å². The molecule has 1 aromatic carbocycles. The molecule has 5 aromatic rings. The zero-order valence-electron chi connectivity index (χ0n) is 31.0. The summed E-state index contributed by atoms with van der Waals surface area (Å²) in [5.41, 5.74) is 2.27. The molecule has 7 rings (SSSR count). The van der Waals surface area contributed by atoms with Gasteiger partial charge in [-0.3, -0.25) is 33.5 Å². The van der Waals surface area contributed by atoms with Gasteiger partial charge >= 0.3 is 5.69 Å². The highest BCUT2D eigenvalue weighted by Crippen LogP contribution is 2.35. The maximum atomic E-state index is 14.0. The van der Waals surface area contributed by atoms with Gasteiger partial charge in [0.05, 0.1) is 29.0 Å². The van der Waals surface area contributed by atoms with Gasteiger partial charge in [-0.15, -0.1) is 0 Å². The molecule has 15 nitrogen and oxygen atoms in total. The summed E-state index contributed by atoms with van der Waals surface area (Å²) >= 11 is 0. The number of piperidine rings is 1. The van der Waals surface area contributed by atoms with Crippen LogP contribution in [0.2, 0.25) is 0 Å². The third kappa shape index (κ3) is 8.22. The average molecular weight is 761 g/mol. The van der Waals surface area contributed by atoms with Gasteiger partial charge in [-0.2, -0.15) is 10.2 Å². The van der Waals surface area contributed by atoms with Gasteiger partial charge in [0, 0.05) is 58.4 Å². The van der Waals surface area contributed by atoms with E-state index in [1.165, 1.54) is 27.7 Å². The molecule has 1 aliphatic carbocycles. The second-order valence-electron chi connectivity index (χ2n) is 14.6. The van der Waals surface area contributed by atoms with Crippen molar-refractivity contribution in [3.05, 3.63) is 76.4 Å². The number of halogens is 2. The molecular weight excluding hydrogens is 714 g/mol. The quantitative estimate of drug-likeness (QED) is 0.116. The predicted octanol–water partition coefficient (Wildman–Crippen LogP) is 4.45. The number of nitrogens with one attached hydrogen (secondary N) is 2. The Kier molecular flexibility index (Phi) is 11.5. The van der Waals surface area contributed by atoms with E-state index in [2.05, 4.69) is 37.8 Å². The summed E-state index contributed by atoms with van der Waals surface area (Å²) in [5.74, 6) is -0.851. The molecule has 1 aliphatic heterocycles. The van der Waals surface area contributed by atoms with Crippen molar-refractivity contribution in [1.29, 1.82) is 0 Å². The minimum absolute atomic E-state index is 0.00889. The summed E-state index contributed by atoms with van der Waals surface area (Å²) in [7, 11) is 3.82. The van der Waals surface area contributed by atoms with Gasteiger partial charge in [0.25, 0.3) is 12.3 Å². The van der Waals surface area contributed by atoms with Crippen molar-refractivity contribution in [2.75, 3.05) is 38.7 Å². The van der Waals surface area contributed by atoms with Gasteiger partial charge in [-0.1, -0.05) is 12.1 Å². The first-order chi connectivity index (χ1) is 26.6. The summed E-state index contributed by atoms with van der Waals surface area (Å²) in [6, 6.07) is 6.67. The Labute approximate surface area is 315 Å². The predicted molar refractivity (Wildman–Crippen MR) is 199 cm³/mol. The molecule has 292 valence electrons. The first kappa shape index (κ1) is 38.0. The van der Waals surface area contributed by atoms with E-state index >= 15 is 0 Å². The number of imidazole rings is 1. The molecule has 2 N–H and O–H groups in total. The van der Waals surface area contributed by atoms with Gasteiger partial charge in [0.15, 0.2) is 11.3 Å². The molecule has 1 unspecified atom stereocenters. The van der Waals surface area contributed by atoms with E-state index in [1.54, 1.807) is 28.6 Å². The average Bonchev–Trinajstić information content (AvgIpc) is 3.86. The number of amides is 3. The van der Waals surface area contributed by atoms with Crippen LogP contribution in [0.5, 0.6) is 0 Å². The van der Waals surface area contributed by atoms with Crippen LogP contribution in [0.25, 0.3) is 16.7 Å². The molecule has 0 bridgehead atoms. The van der Waals surface area contributed by atoms with Gasteiger partial charge < -0.3 is 15.0 Å². The van der Waals surface area contributed by atoms with Crippen molar-refractivity contribution in [3.63, 3.8) is 0 Å². The van der Waals surface area contributed by atoms with Crippen molar-refractivity contribution in [3.8, 4) is 0 Å². The number of ether oxygens (including phenoxy) is 1. The molecule has 1 saturated heterocycles. The van der Waals surface area contributed by atoms with Gasteiger partial charge in [-0.25, -0.2) is 23.1 Å². The molecule has 17 heteroatoms. The highest BCUT2D eigenvalue weighted by molar-refractivity contribution is 6.08. The third-order valence-corrected chi connectivity index (χ3v) is 10.8. The molecule has 5 heterocycles. The molecule has 0 spiro atoms.